The Morgan fingerprint density at radius 3 is 2.77 bits per heavy atom. The van der Waals surface area contributed by atoms with Crippen LogP contribution in [0.15, 0.2) is 49.1 Å². The van der Waals surface area contributed by atoms with E-state index in [-0.39, 0.29) is 36.5 Å². The predicted molar refractivity (Wildman–Crippen MR) is 145 cm³/mol. The topological polar surface area (TPSA) is 152 Å². The lowest BCUT2D eigenvalue weighted by atomic mass is 10.1. The summed E-state index contributed by atoms with van der Waals surface area (Å²) in [5, 5.41) is 12.0. The van der Waals surface area contributed by atoms with E-state index in [1.165, 1.54) is 0 Å². The van der Waals surface area contributed by atoms with Crippen molar-refractivity contribution in [3.05, 3.63) is 59.8 Å². The van der Waals surface area contributed by atoms with Gasteiger partial charge in [0.05, 0.1) is 13.2 Å². The van der Waals surface area contributed by atoms with Crippen molar-refractivity contribution in [2.24, 2.45) is 0 Å². The molecule has 1 aromatic carbocycles. The van der Waals surface area contributed by atoms with Crippen LogP contribution in [0, 0.1) is 0 Å². The predicted octanol–water partition coefficient (Wildman–Crippen LogP) is 1.19. The highest BCUT2D eigenvalue weighted by atomic mass is 35.5. The molecule has 0 saturated carbocycles. The van der Waals surface area contributed by atoms with Crippen molar-refractivity contribution in [3.63, 3.8) is 0 Å². The number of imidazole rings is 1. The number of nitrogens with zero attached hydrogens (tertiary/aromatic N) is 6. The number of carbonyl (C=O) groups excluding carboxylic acids is 2. The van der Waals surface area contributed by atoms with Crippen LogP contribution < -0.4 is 15.0 Å². The van der Waals surface area contributed by atoms with Gasteiger partial charge in [-0.15, -0.1) is 0 Å². The number of hydrogen-bond acceptors (Lipinski definition) is 9. The summed E-state index contributed by atoms with van der Waals surface area (Å²) in [6.45, 7) is 0.390. The van der Waals surface area contributed by atoms with Crippen molar-refractivity contribution in [1.29, 1.82) is 0 Å². The van der Waals surface area contributed by atoms with Crippen molar-refractivity contribution in [2.45, 2.75) is 18.9 Å². The molecule has 3 heterocycles. The molecule has 0 bridgehead atoms. The average molecular weight is 572 g/mol. The molecule has 4 rings (SSSR count). The number of ether oxygens (including phenoxy) is 2. The molecular formula is C26H30ClN7O6. The summed E-state index contributed by atoms with van der Waals surface area (Å²) in [5.41, 5.74) is 1.03. The molecule has 0 spiro atoms. The fourth-order valence-corrected chi connectivity index (χ4v) is 4.54. The van der Waals surface area contributed by atoms with E-state index in [0.717, 1.165) is 11.3 Å². The first-order valence-electron chi connectivity index (χ1n) is 12.6. The van der Waals surface area contributed by atoms with Gasteiger partial charge in [0, 0.05) is 51.1 Å². The molecule has 1 fully saturated rings. The highest BCUT2D eigenvalue weighted by Gasteiger charge is 2.32. The Morgan fingerprint density at radius 2 is 2.02 bits per heavy atom. The number of aliphatic carboxylic acids is 1. The summed E-state index contributed by atoms with van der Waals surface area (Å²) in [5.74, 6) is -0.129. The number of carboxylic acid groups (broad SMARTS) is 1. The molecule has 0 aliphatic carbocycles. The Balaban J connectivity index is 1.46. The van der Waals surface area contributed by atoms with Gasteiger partial charge < -0.3 is 29.7 Å². The van der Waals surface area contributed by atoms with Crippen molar-refractivity contribution in [2.75, 3.05) is 51.4 Å². The van der Waals surface area contributed by atoms with Gasteiger partial charge in [-0.25, -0.2) is 14.8 Å². The number of methoxy groups -OCH3 is 1. The van der Waals surface area contributed by atoms with Gasteiger partial charge in [0.1, 0.15) is 36.3 Å². The number of benzene rings is 1. The summed E-state index contributed by atoms with van der Waals surface area (Å²) in [4.78, 5) is 52.9. The van der Waals surface area contributed by atoms with Gasteiger partial charge in [-0.3, -0.25) is 14.2 Å². The molecule has 212 valence electrons. The Labute approximate surface area is 235 Å². The molecule has 40 heavy (non-hydrogen) atoms. The number of anilines is 1. The first-order valence-corrected chi connectivity index (χ1v) is 13.0. The third-order valence-electron chi connectivity index (χ3n) is 6.28. The zero-order chi connectivity index (χ0) is 28.5. The second-order valence-corrected chi connectivity index (χ2v) is 9.44. The number of nitrogens with one attached hydrogen (secondary N) is 1. The van der Waals surface area contributed by atoms with Crippen LogP contribution >= 0.6 is 11.6 Å². The third kappa shape index (κ3) is 7.90. The number of carbonyl (C=O) groups is 3. The number of hydrogen-bond donors (Lipinski definition) is 2. The smallest absolute Gasteiger partial charge is 0.329 e. The van der Waals surface area contributed by atoms with E-state index in [2.05, 4.69) is 20.3 Å². The molecule has 1 aliphatic heterocycles. The van der Waals surface area contributed by atoms with Crippen molar-refractivity contribution in [1.82, 2.24) is 29.7 Å². The van der Waals surface area contributed by atoms with Gasteiger partial charge in [0.25, 0.3) is 0 Å². The molecule has 2 aromatic heterocycles. The number of aromatic nitrogens is 4. The first-order chi connectivity index (χ1) is 19.3. The van der Waals surface area contributed by atoms with Crippen LogP contribution in [-0.4, -0.2) is 99.9 Å². The summed E-state index contributed by atoms with van der Waals surface area (Å²) in [6, 6.07) is 8.81. The van der Waals surface area contributed by atoms with Gasteiger partial charge in [-0.1, -0.05) is 23.7 Å². The minimum atomic E-state index is -1.16. The largest absolute Gasteiger partial charge is 0.497 e. The zero-order valence-corrected chi connectivity index (χ0v) is 22.7. The molecule has 0 radical (unpaired) electrons. The summed E-state index contributed by atoms with van der Waals surface area (Å²) < 4.78 is 11.9. The monoisotopic (exact) mass is 571 g/mol. The lowest BCUT2D eigenvalue weighted by molar-refractivity contribution is -0.146. The second-order valence-electron chi connectivity index (χ2n) is 9.05. The molecular weight excluding hydrogens is 542 g/mol. The van der Waals surface area contributed by atoms with Crippen LogP contribution in [0.25, 0.3) is 5.95 Å². The number of carboxylic acids is 1. The Morgan fingerprint density at radius 1 is 1.18 bits per heavy atom. The van der Waals surface area contributed by atoms with E-state index < -0.39 is 18.6 Å². The minimum Gasteiger partial charge on any atom is -0.497 e. The molecule has 14 heteroatoms. The number of amides is 2. The van der Waals surface area contributed by atoms with E-state index in [4.69, 9.17) is 26.2 Å². The molecule has 1 unspecified atom stereocenters. The standard InChI is InChI=1S/C26H30ClN7O6/c1-39-20-4-2-3-18(11-20)5-6-29-23(35)12-19-14-32(24(36)15-40-16-25(37)38)9-10-34(19)22-13-21(27)30-26(31-22)33-8-7-28-17-33/h2-4,7-8,11,13,17,19H,5-6,9-10,12,14-16H2,1H3,(H,29,35)(H,37,38). The normalized spacial score (nSPS) is 15.1. The fourth-order valence-electron chi connectivity index (χ4n) is 4.37. The molecule has 1 saturated heterocycles. The fraction of sp³-hybridized carbons (Fsp3) is 0.385. The van der Waals surface area contributed by atoms with Gasteiger partial charge in [0.2, 0.25) is 17.8 Å². The summed E-state index contributed by atoms with van der Waals surface area (Å²) >= 11 is 6.32. The lowest BCUT2D eigenvalue weighted by Gasteiger charge is -2.42. The summed E-state index contributed by atoms with van der Waals surface area (Å²) in [7, 11) is 1.60. The number of piperazine rings is 1. The Bertz CT molecular complexity index is 1320. The molecule has 2 N–H and O–H groups in total. The lowest BCUT2D eigenvalue weighted by Crippen LogP contribution is -2.57. The van der Waals surface area contributed by atoms with Crippen LogP contribution in [0.3, 0.4) is 0 Å². The van der Waals surface area contributed by atoms with E-state index >= 15 is 0 Å². The van der Waals surface area contributed by atoms with E-state index in [9.17, 15) is 14.4 Å². The van der Waals surface area contributed by atoms with Gasteiger partial charge >= 0.3 is 5.97 Å². The maximum Gasteiger partial charge on any atom is 0.329 e. The Kier molecular flexibility index (Phi) is 9.86. The highest BCUT2D eigenvalue weighted by molar-refractivity contribution is 6.29. The van der Waals surface area contributed by atoms with Gasteiger partial charge in [-0.05, 0) is 24.1 Å². The molecule has 3 aromatic rings. The highest BCUT2D eigenvalue weighted by Crippen LogP contribution is 2.24. The molecule has 2 amide bonds. The van der Waals surface area contributed by atoms with Crippen molar-refractivity contribution < 1.29 is 29.0 Å². The van der Waals surface area contributed by atoms with Gasteiger partial charge in [0.15, 0.2) is 0 Å². The van der Waals surface area contributed by atoms with Crippen LogP contribution in [0.2, 0.25) is 5.15 Å². The van der Waals surface area contributed by atoms with Crippen LogP contribution in [0.5, 0.6) is 5.75 Å². The van der Waals surface area contributed by atoms with E-state index in [1.54, 1.807) is 41.4 Å². The molecule has 1 atom stereocenters. The van der Waals surface area contributed by atoms with Gasteiger partial charge in [-0.2, -0.15) is 4.98 Å². The minimum absolute atomic E-state index is 0.0832. The van der Waals surface area contributed by atoms with Crippen molar-refractivity contribution in [3.8, 4) is 11.7 Å². The van der Waals surface area contributed by atoms with E-state index in [0.29, 0.717) is 37.8 Å². The second kappa shape index (κ2) is 13.7. The third-order valence-corrected chi connectivity index (χ3v) is 6.47. The summed E-state index contributed by atoms with van der Waals surface area (Å²) in [6.07, 6.45) is 5.55. The number of halogens is 1. The molecule has 13 nitrogen and oxygen atoms in total. The quantitative estimate of drug-likeness (QED) is 0.303. The zero-order valence-electron chi connectivity index (χ0n) is 21.9. The average Bonchev–Trinajstić information content (AvgIpc) is 3.48. The maximum absolute atomic E-state index is 13.0. The number of rotatable bonds is 12. The maximum atomic E-state index is 13.0. The SMILES string of the molecule is COc1cccc(CCNC(=O)CC2CN(C(=O)COCC(=O)O)CCN2c2cc(Cl)nc(-n3ccnc3)n2)c1. The molecule has 1 aliphatic rings. The van der Waals surface area contributed by atoms with E-state index in [1.807, 2.05) is 29.2 Å². The first kappa shape index (κ1) is 28.8. The Hall–Kier alpha value is -4.23. The van der Waals surface area contributed by atoms with Crippen LogP contribution in [-0.2, 0) is 25.5 Å². The van der Waals surface area contributed by atoms with Crippen molar-refractivity contribution >= 4 is 35.2 Å². The van der Waals surface area contributed by atoms with Crippen LogP contribution in [0.4, 0.5) is 5.82 Å². The van der Waals surface area contributed by atoms with Crippen LogP contribution in [0.1, 0.15) is 12.0 Å².